The molecule has 0 spiro atoms. The van der Waals surface area contributed by atoms with Crippen molar-refractivity contribution in [3.8, 4) is 0 Å². The van der Waals surface area contributed by atoms with Gasteiger partial charge in [-0.25, -0.2) is 0 Å². The van der Waals surface area contributed by atoms with Gasteiger partial charge in [0.1, 0.15) is 11.3 Å². The highest BCUT2D eigenvalue weighted by Gasteiger charge is 2.23. The van der Waals surface area contributed by atoms with Gasteiger partial charge in [-0.2, -0.15) is 0 Å². The summed E-state index contributed by atoms with van der Waals surface area (Å²) >= 11 is 12.4. The minimum atomic E-state index is 0.621. The van der Waals surface area contributed by atoms with Gasteiger partial charge in [0.25, 0.3) is 0 Å². The number of furan rings is 1. The molecule has 2 nitrogen and oxygen atoms in total. The summed E-state index contributed by atoms with van der Waals surface area (Å²) in [4.78, 5) is 0. The molecule has 1 N–H and O–H groups in total. The van der Waals surface area contributed by atoms with E-state index >= 15 is 0 Å². The molecular weight excluding hydrogens is 281 g/mol. The highest BCUT2D eigenvalue weighted by atomic mass is 35.5. The van der Waals surface area contributed by atoms with Crippen LogP contribution in [0.3, 0.4) is 0 Å². The molecule has 0 saturated heterocycles. The Morgan fingerprint density at radius 3 is 2.79 bits per heavy atom. The number of aryl methyl sites for hydroxylation is 1. The van der Waals surface area contributed by atoms with Crippen molar-refractivity contribution in [2.45, 2.75) is 45.2 Å². The number of benzene rings is 1. The van der Waals surface area contributed by atoms with Crippen molar-refractivity contribution in [1.29, 1.82) is 0 Å². The van der Waals surface area contributed by atoms with Gasteiger partial charge in [0.2, 0.25) is 0 Å². The maximum Gasteiger partial charge on any atom is 0.137 e. The molecule has 4 heteroatoms. The summed E-state index contributed by atoms with van der Waals surface area (Å²) in [5, 5.41) is 5.83. The van der Waals surface area contributed by atoms with E-state index in [9.17, 15) is 0 Å². The smallest absolute Gasteiger partial charge is 0.137 e. The first-order valence-corrected chi connectivity index (χ1v) is 7.57. The van der Waals surface area contributed by atoms with Gasteiger partial charge in [0.15, 0.2) is 0 Å². The van der Waals surface area contributed by atoms with Crippen molar-refractivity contribution in [3.05, 3.63) is 33.5 Å². The quantitative estimate of drug-likeness (QED) is 0.845. The fourth-order valence-electron chi connectivity index (χ4n) is 2.44. The monoisotopic (exact) mass is 297 g/mol. The van der Waals surface area contributed by atoms with Gasteiger partial charge in [0, 0.05) is 28.1 Å². The Balaban J connectivity index is 2.03. The molecule has 0 unspecified atom stereocenters. The van der Waals surface area contributed by atoms with Crippen molar-refractivity contribution < 1.29 is 4.42 Å². The fraction of sp³-hybridized carbons (Fsp3) is 0.467. The number of hydrogen-bond donors (Lipinski definition) is 1. The molecule has 0 aliphatic heterocycles. The van der Waals surface area contributed by atoms with Crippen LogP contribution in [-0.2, 0) is 13.0 Å². The number of halogens is 2. The average Bonchev–Trinajstić information content (AvgIpc) is 3.11. The van der Waals surface area contributed by atoms with Gasteiger partial charge in [-0.3, -0.25) is 0 Å². The topological polar surface area (TPSA) is 25.2 Å². The van der Waals surface area contributed by atoms with Crippen molar-refractivity contribution >= 4 is 34.2 Å². The summed E-state index contributed by atoms with van der Waals surface area (Å²) in [5.41, 5.74) is 2.03. The molecule has 1 heterocycles. The predicted octanol–water partition coefficient (Wildman–Crippen LogP) is 4.94. The first-order chi connectivity index (χ1) is 9.19. The first-order valence-electron chi connectivity index (χ1n) is 6.81. The predicted molar refractivity (Wildman–Crippen MR) is 80.1 cm³/mol. The first kappa shape index (κ1) is 13.3. The van der Waals surface area contributed by atoms with E-state index in [0.717, 1.165) is 36.1 Å². The summed E-state index contributed by atoms with van der Waals surface area (Å²) in [7, 11) is 0. The number of fused-ring (bicyclic) bond motifs is 1. The average molecular weight is 298 g/mol. The van der Waals surface area contributed by atoms with Crippen LogP contribution in [0.4, 0.5) is 0 Å². The molecule has 1 fully saturated rings. The molecule has 1 aliphatic rings. The lowest BCUT2D eigenvalue weighted by Crippen LogP contribution is -2.15. The molecule has 0 atom stereocenters. The van der Waals surface area contributed by atoms with Crippen LogP contribution in [0.5, 0.6) is 0 Å². The summed E-state index contributed by atoms with van der Waals surface area (Å²) in [6.07, 6.45) is 4.60. The third-order valence-corrected chi connectivity index (χ3v) is 4.04. The Morgan fingerprint density at radius 2 is 2.11 bits per heavy atom. The van der Waals surface area contributed by atoms with E-state index in [1.807, 2.05) is 6.07 Å². The van der Waals surface area contributed by atoms with E-state index in [1.165, 1.54) is 18.4 Å². The minimum absolute atomic E-state index is 0.621. The van der Waals surface area contributed by atoms with Crippen LogP contribution in [-0.4, -0.2) is 6.04 Å². The van der Waals surface area contributed by atoms with E-state index in [2.05, 4.69) is 12.2 Å². The van der Waals surface area contributed by atoms with E-state index in [-0.39, 0.29) is 0 Å². The number of nitrogens with one attached hydrogen (secondary N) is 1. The van der Waals surface area contributed by atoms with Gasteiger partial charge in [-0.1, -0.05) is 36.5 Å². The van der Waals surface area contributed by atoms with Crippen LogP contribution in [0.1, 0.15) is 37.5 Å². The standard InChI is InChI=1S/C15H17Cl2NO/c1-2-3-11-14(8-18-10-4-5-10)19-13-7-9(16)6-12(17)15(11)13/h6-7,10,18H,2-5,8H2,1H3. The van der Waals surface area contributed by atoms with Crippen LogP contribution in [0, 0.1) is 0 Å². The molecule has 3 rings (SSSR count). The van der Waals surface area contributed by atoms with Crippen LogP contribution in [0.15, 0.2) is 16.5 Å². The Bertz CT molecular complexity index is 602. The largest absolute Gasteiger partial charge is 0.459 e. The molecule has 0 bridgehead atoms. The van der Waals surface area contributed by atoms with E-state index in [1.54, 1.807) is 6.07 Å². The van der Waals surface area contributed by atoms with Gasteiger partial charge < -0.3 is 9.73 Å². The van der Waals surface area contributed by atoms with Crippen molar-refractivity contribution in [2.75, 3.05) is 0 Å². The van der Waals surface area contributed by atoms with Gasteiger partial charge >= 0.3 is 0 Å². The lowest BCUT2D eigenvalue weighted by Gasteiger charge is -2.03. The Kier molecular flexibility index (Phi) is 3.75. The molecule has 19 heavy (non-hydrogen) atoms. The SMILES string of the molecule is CCCc1c(CNC2CC2)oc2cc(Cl)cc(Cl)c12. The fourth-order valence-corrected chi connectivity index (χ4v) is 3.03. The zero-order chi connectivity index (χ0) is 13.4. The van der Waals surface area contributed by atoms with Crippen LogP contribution in [0.2, 0.25) is 10.0 Å². The Morgan fingerprint density at radius 1 is 1.32 bits per heavy atom. The van der Waals surface area contributed by atoms with Crippen LogP contribution < -0.4 is 5.32 Å². The maximum absolute atomic E-state index is 6.33. The maximum atomic E-state index is 6.33. The lowest BCUT2D eigenvalue weighted by molar-refractivity contribution is 0.506. The van der Waals surface area contributed by atoms with Gasteiger partial charge in [0.05, 0.1) is 11.6 Å². The number of hydrogen-bond acceptors (Lipinski definition) is 2. The van der Waals surface area contributed by atoms with E-state index in [0.29, 0.717) is 16.1 Å². The van der Waals surface area contributed by atoms with Crippen LogP contribution in [0.25, 0.3) is 11.0 Å². The zero-order valence-corrected chi connectivity index (χ0v) is 12.4. The summed E-state index contributed by atoms with van der Waals surface area (Å²) in [6.45, 7) is 2.95. The second-order valence-corrected chi connectivity index (χ2v) is 6.01. The molecular formula is C15H17Cl2NO. The van der Waals surface area contributed by atoms with E-state index < -0.39 is 0 Å². The molecule has 0 radical (unpaired) electrons. The summed E-state index contributed by atoms with van der Waals surface area (Å²) in [6, 6.07) is 4.31. The van der Waals surface area contributed by atoms with Crippen molar-refractivity contribution in [2.24, 2.45) is 0 Å². The second kappa shape index (κ2) is 5.35. The molecule has 1 aliphatic carbocycles. The summed E-state index contributed by atoms with van der Waals surface area (Å²) < 4.78 is 5.96. The minimum Gasteiger partial charge on any atom is -0.459 e. The third kappa shape index (κ3) is 2.76. The van der Waals surface area contributed by atoms with Crippen molar-refractivity contribution in [3.63, 3.8) is 0 Å². The highest BCUT2D eigenvalue weighted by Crippen LogP contribution is 2.35. The molecule has 2 aromatic rings. The number of rotatable bonds is 5. The normalized spacial score (nSPS) is 15.3. The molecule has 0 amide bonds. The van der Waals surface area contributed by atoms with E-state index in [4.69, 9.17) is 27.6 Å². The van der Waals surface area contributed by atoms with Crippen molar-refractivity contribution in [1.82, 2.24) is 5.32 Å². The second-order valence-electron chi connectivity index (χ2n) is 5.17. The summed E-state index contributed by atoms with van der Waals surface area (Å²) in [5.74, 6) is 1.01. The molecule has 1 saturated carbocycles. The Labute approximate surface area is 123 Å². The Hall–Kier alpha value is -0.700. The molecule has 1 aromatic heterocycles. The molecule has 1 aromatic carbocycles. The highest BCUT2D eigenvalue weighted by molar-refractivity contribution is 6.38. The zero-order valence-electron chi connectivity index (χ0n) is 10.9. The third-order valence-electron chi connectivity index (χ3n) is 3.52. The van der Waals surface area contributed by atoms with Gasteiger partial charge in [-0.15, -0.1) is 0 Å². The molecule has 102 valence electrons. The lowest BCUT2D eigenvalue weighted by atomic mass is 10.1. The van der Waals surface area contributed by atoms with Gasteiger partial charge in [-0.05, 0) is 25.3 Å². The van der Waals surface area contributed by atoms with Crippen LogP contribution >= 0.6 is 23.2 Å².